The van der Waals surface area contributed by atoms with Gasteiger partial charge in [0.2, 0.25) is 5.91 Å². The van der Waals surface area contributed by atoms with Crippen molar-refractivity contribution in [2.24, 2.45) is 5.84 Å². The van der Waals surface area contributed by atoms with Crippen molar-refractivity contribution in [3.05, 3.63) is 17.7 Å². The normalized spacial score (nSPS) is 12.7. The van der Waals surface area contributed by atoms with E-state index in [1.165, 1.54) is 14.0 Å². The summed E-state index contributed by atoms with van der Waals surface area (Å²) >= 11 is 0. The molecule has 1 aromatic heterocycles. The van der Waals surface area contributed by atoms with Gasteiger partial charge in [-0.05, 0) is 19.1 Å². The highest BCUT2D eigenvalue weighted by atomic mass is 19.4. The molecule has 0 saturated carbocycles. The smallest absolute Gasteiger partial charge is 0.359 e. The first kappa shape index (κ1) is 15.0. The standard InChI is InChI=1S/C10H14F3N5O/c1-5(9(19)15-2)16-7-3-6(10(11,12)13)4-8(17-7)18-14/h3-5H,14H2,1-2H3,(H,15,19)(H2,16,17,18). The van der Waals surface area contributed by atoms with E-state index < -0.39 is 17.8 Å². The van der Waals surface area contributed by atoms with Crippen LogP contribution in [0.3, 0.4) is 0 Å². The SMILES string of the molecule is CNC(=O)C(C)Nc1cc(C(F)(F)F)cc(NN)n1. The molecule has 9 heteroatoms. The highest BCUT2D eigenvalue weighted by Gasteiger charge is 2.31. The average molecular weight is 277 g/mol. The summed E-state index contributed by atoms with van der Waals surface area (Å²) in [6, 6.07) is 0.849. The number of nitrogens with one attached hydrogen (secondary N) is 3. The second-order valence-corrected chi connectivity index (χ2v) is 3.75. The third-order valence-electron chi connectivity index (χ3n) is 2.30. The minimum atomic E-state index is -4.53. The summed E-state index contributed by atoms with van der Waals surface area (Å²) in [6.45, 7) is 1.50. The summed E-state index contributed by atoms with van der Waals surface area (Å²) in [5.74, 6) is 4.44. The maximum absolute atomic E-state index is 12.6. The Morgan fingerprint density at radius 1 is 1.37 bits per heavy atom. The number of nitrogens with zero attached hydrogens (tertiary/aromatic N) is 1. The van der Waals surface area contributed by atoms with Crippen LogP contribution in [0.4, 0.5) is 24.8 Å². The Hall–Kier alpha value is -2.03. The van der Waals surface area contributed by atoms with Crippen molar-refractivity contribution in [3.63, 3.8) is 0 Å². The van der Waals surface area contributed by atoms with Crippen LogP contribution in [0, 0.1) is 0 Å². The van der Waals surface area contributed by atoms with E-state index in [2.05, 4.69) is 15.6 Å². The number of hydrogen-bond acceptors (Lipinski definition) is 5. The summed E-state index contributed by atoms with van der Waals surface area (Å²) in [5, 5.41) is 4.93. The van der Waals surface area contributed by atoms with Crippen LogP contribution >= 0.6 is 0 Å². The molecule has 1 amide bonds. The number of carbonyl (C=O) groups excluding carboxylic acids is 1. The van der Waals surface area contributed by atoms with E-state index in [1.54, 1.807) is 0 Å². The molecule has 1 atom stereocenters. The van der Waals surface area contributed by atoms with Gasteiger partial charge in [-0.3, -0.25) is 4.79 Å². The lowest BCUT2D eigenvalue weighted by molar-refractivity contribution is -0.137. The Labute approximate surface area is 107 Å². The fourth-order valence-electron chi connectivity index (χ4n) is 1.35. The van der Waals surface area contributed by atoms with E-state index in [0.29, 0.717) is 0 Å². The molecular formula is C10H14F3N5O. The van der Waals surface area contributed by atoms with Gasteiger partial charge in [-0.15, -0.1) is 0 Å². The lowest BCUT2D eigenvalue weighted by atomic mass is 10.2. The van der Waals surface area contributed by atoms with Gasteiger partial charge in [-0.25, -0.2) is 10.8 Å². The molecule has 5 N–H and O–H groups in total. The van der Waals surface area contributed by atoms with Crippen LogP contribution in [0.25, 0.3) is 0 Å². The van der Waals surface area contributed by atoms with E-state index in [-0.39, 0.29) is 17.5 Å². The van der Waals surface area contributed by atoms with E-state index >= 15 is 0 Å². The topological polar surface area (TPSA) is 92.1 Å². The molecule has 19 heavy (non-hydrogen) atoms. The Morgan fingerprint density at radius 2 is 1.95 bits per heavy atom. The number of alkyl halides is 3. The maximum Gasteiger partial charge on any atom is 0.416 e. The number of anilines is 2. The molecule has 0 aliphatic rings. The molecule has 1 unspecified atom stereocenters. The van der Waals surface area contributed by atoms with Crippen molar-refractivity contribution in [1.29, 1.82) is 0 Å². The van der Waals surface area contributed by atoms with E-state index in [9.17, 15) is 18.0 Å². The summed E-state index contributed by atoms with van der Waals surface area (Å²) in [4.78, 5) is 15.1. The van der Waals surface area contributed by atoms with Gasteiger partial charge in [0, 0.05) is 7.05 Å². The van der Waals surface area contributed by atoms with Gasteiger partial charge >= 0.3 is 6.18 Å². The first-order chi connectivity index (χ1) is 8.77. The number of likely N-dealkylation sites (N-methyl/N-ethyl adjacent to an activating group) is 1. The van der Waals surface area contributed by atoms with E-state index in [0.717, 1.165) is 12.1 Å². The summed E-state index contributed by atoms with van der Waals surface area (Å²) in [6.07, 6.45) is -4.53. The molecule has 0 saturated heterocycles. The fourth-order valence-corrected chi connectivity index (χ4v) is 1.35. The van der Waals surface area contributed by atoms with Crippen molar-refractivity contribution >= 4 is 17.5 Å². The minimum absolute atomic E-state index is 0.0983. The third kappa shape index (κ3) is 3.98. The monoisotopic (exact) mass is 277 g/mol. The predicted molar refractivity (Wildman–Crippen MR) is 64.2 cm³/mol. The minimum Gasteiger partial charge on any atom is -0.359 e. The number of nitrogens with two attached hydrogens (primary N) is 1. The molecule has 0 bridgehead atoms. The van der Waals surface area contributed by atoms with Crippen molar-refractivity contribution < 1.29 is 18.0 Å². The van der Waals surface area contributed by atoms with Gasteiger partial charge in [0.15, 0.2) is 0 Å². The van der Waals surface area contributed by atoms with Crippen LogP contribution < -0.4 is 21.9 Å². The Morgan fingerprint density at radius 3 is 2.42 bits per heavy atom. The van der Waals surface area contributed by atoms with Gasteiger partial charge in [-0.1, -0.05) is 0 Å². The molecular weight excluding hydrogens is 263 g/mol. The van der Waals surface area contributed by atoms with Crippen LogP contribution in [0.5, 0.6) is 0 Å². The van der Waals surface area contributed by atoms with Crippen LogP contribution in [0.15, 0.2) is 12.1 Å². The molecule has 0 fully saturated rings. The zero-order chi connectivity index (χ0) is 14.6. The second kappa shape index (κ2) is 5.74. The quantitative estimate of drug-likeness (QED) is 0.485. The second-order valence-electron chi connectivity index (χ2n) is 3.75. The molecule has 1 rings (SSSR count). The number of amides is 1. The number of nitrogen functional groups attached to an aromatic ring is 1. The molecule has 0 aromatic carbocycles. The number of hydrogen-bond donors (Lipinski definition) is 4. The Bertz CT molecular complexity index is 463. The zero-order valence-electron chi connectivity index (χ0n) is 10.3. The van der Waals surface area contributed by atoms with Crippen molar-refractivity contribution in [3.8, 4) is 0 Å². The molecule has 0 aliphatic heterocycles. The number of rotatable bonds is 4. The molecule has 6 nitrogen and oxygen atoms in total. The first-order valence-electron chi connectivity index (χ1n) is 5.32. The lowest BCUT2D eigenvalue weighted by Gasteiger charge is -2.15. The van der Waals surface area contributed by atoms with Crippen molar-refractivity contribution in [2.45, 2.75) is 19.1 Å². The number of aromatic nitrogens is 1. The average Bonchev–Trinajstić information content (AvgIpc) is 2.36. The number of carbonyl (C=O) groups is 1. The van der Waals surface area contributed by atoms with E-state index in [1.807, 2.05) is 5.43 Å². The van der Waals surface area contributed by atoms with Gasteiger partial charge in [-0.2, -0.15) is 13.2 Å². The zero-order valence-corrected chi connectivity index (χ0v) is 10.3. The molecule has 1 aromatic rings. The predicted octanol–water partition coefficient (Wildman–Crippen LogP) is 0.932. The molecule has 106 valence electrons. The Kier molecular flexibility index (Phi) is 4.54. The van der Waals surface area contributed by atoms with Crippen LogP contribution in [-0.2, 0) is 11.0 Å². The largest absolute Gasteiger partial charge is 0.416 e. The number of hydrazine groups is 1. The van der Waals surface area contributed by atoms with Crippen LogP contribution in [-0.4, -0.2) is 24.0 Å². The van der Waals surface area contributed by atoms with Crippen LogP contribution in [0.1, 0.15) is 12.5 Å². The summed E-state index contributed by atoms with van der Waals surface area (Å²) in [7, 11) is 1.42. The van der Waals surface area contributed by atoms with Gasteiger partial charge in [0.1, 0.15) is 17.7 Å². The van der Waals surface area contributed by atoms with Crippen molar-refractivity contribution in [2.75, 3.05) is 17.8 Å². The molecule has 0 radical (unpaired) electrons. The fraction of sp³-hybridized carbons (Fsp3) is 0.400. The number of halogens is 3. The Balaban J connectivity index is 3.04. The van der Waals surface area contributed by atoms with Crippen LogP contribution in [0.2, 0.25) is 0 Å². The van der Waals surface area contributed by atoms with Gasteiger partial charge in [0.25, 0.3) is 0 Å². The van der Waals surface area contributed by atoms with E-state index in [4.69, 9.17) is 5.84 Å². The lowest BCUT2D eigenvalue weighted by Crippen LogP contribution is -2.35. The molecule has 0 spiro atoms. The third-order valence-corrected chi connectivity index (χ3v) is 2.30. The van der Waals surface area contributed by atoms with Gasteiger partial charge < -0.3 is 16.1 Å². The number of pyridine rings is 1. The molecule has 1 heterocycles. The molecule has 0 aliphatic carbocycles. The first-order valence-corrected chi connectivity index (χ1v) is 5.32. The summed E-state index contributed by atoms with van der Waals surface area (Å²) < 4.78 is 37.9. The summed E-state index contributed by atoms with van der Waals surface area (Å²) in [5.41, 5.74) is 1.13. The highest BCUT2D eigenvalue weighted by molar-refractivity contribution is 5.83. The van der Waals surface area contributed by atoms with Gasteiger partial charge in [0.05, 0.1) is 5.56 Å². The maximum atomic E-state index is 12.6. The van der Waals surface area contributed by atoms with Crippen molar-refractivity contribution in [1.82, 2.24) is 10.3 Å². The highest BCUT2D eigenvalue weighted by Crippen LogP contribution is 2.31.